The fraction of sp³-hybridized carbons (Fsp3) is 0.345. The zero-order valence-electron chi connectivity index (χ0n) is 21.0. The van der Waals surface area contributed by atoms with Gasteiger partial charge in [0.15, 0.2) is 0 Å². The lowest BCUT2D eigenvalue weighted by molar-refractivity contribution is 0.0624. The second kappa shape index (κ2) is 11.6. The summed E-state index contributed by atoms with van der Waals surface area (Å²) in [6.45, 7) is 8.73. The monoisotopic (exact) mass is 519 g/mol. The van der Waals surface area contributed by atoms with Crippen molar-refractivity contribution in [2.45, 2.75) is 20.0 Å². The van der Waals surface area contributed by atoms with Gasteiger partial charge in [-0.1, -0.05) is 30.3 Å². The van der Waals surface area contributed by atoms with Crippen LogP contribution in [0.1, 0.15) is 25.7 Å². The van der Waals surface area contributed by atoms with Gasteiger partial charge in [0.1, 0.15) is 12.4 Å². The van der Waals surface area contributed by atoms with Crippen LogP contribution in [0, 0.1) is 6.92 Å². The molecule has 1 fully saturated rings. The van der Waals surface area contributed by atoms with Crippen LogP contribution in [0.4, 0.5) is 0 Å². The third-order valence-electron chi connectivity index (χ3n) is 6.67. The molecule has 36 heavy (non-hydrogen) atoms. The van der Waals surface area contributed by atoms with Crippen LogP contribution in [-0.2, 0) is 13.1 Å². The normalized spacial score (nSPS) is 14.6. The van der Waals surface area contributed by atoms with Gasteiger partial charge in [0.2, 0.25) is 0 Å². The van der Waals surface area contributed by atoms with E-state index in [-0.39, 0.29) is 5.91 Å². The molecule has 2 aromatic carbocycles. The molecule has 188 valence electrons. The summed E-state index contributed by atoms with van der Waals surface area (Å²) in [5.41, 5.74) is 2.36. The molecule has 5 nitrogen and oxygen atoms in total. The Labute approximate surface area is 221 Å². The number of nitrogens with zero attached hydrogens (tertiary/aromatic N) is 3. The van der Waals surface area contributed by atoms with Crippen LogP contribution in [0.2, 0.25) is 0 Å². The first kappa shape index (κ1) is 25.0. The fourth-order valence-corrected chi connectivity index (χ4v) is 6.68. The molecule has 0 unspecified atom stereocenters. The molecule has 4 aromatic rings. The number of rotatable bonds is 9. The first-order chi connectivity index (χ1) is 17.5. The Bertz CT molecular complexity index is 1260. The smallest absolute Gasteiger partial charge is 0.264 e. The minimum absolute atomic E-state index is 0.174. The number of piperazine rings is 1. The highest BCUT2D eigenvalue weighted by atomic mass is 32.1. The van der Waals surface area contributed by atoms with Crippen molar-refractivity contribution in [1.29, 1.82) is 0 Å². The summed E-state index contributed by atoms with van der Waals surface area (Å²) in [4.78, 5) is 21.7. The first-order valence-electron chi connectivity index (χ1n) is 12.5. The highest BCUT2D eigenvalue weighted by Crippen LogP contribution is 2.26. The Balaban J connectivity index is 1.02. The molecule has 5 rings (SSSR count). The molecule has 0 saturated carbocycles. The molecule has 1 amide bonds. The van der Waals surface area contributed by atoms with Crippen LogP contribution in [0.3, 0.4) is 0 Å². The van der Waals surface area contributed by atoms with Crippen LogP contribution < -0.4 is 4.74 Å². The molecule has 7 heteroatoms. The summed E-state index contributed by atoms with van der Waals surface area (Å²) in [7, 11) is 2.17. The highest BCUT2D eigenvalue weighted by Gasteiger charge is 2.23. The van der Waals surface area contributed by atoms with Gasteiger partial charge in [-0.2, -0.15) is 0 Å². The standard InChI is InChI=1S/C29H33N3O2S2/c1-22-11-18-35-28(22)29(33)32-14-12-31(13-15-32)16-17-34-25-9-7-23(8-10-25)20-30(2)21-26-19-24-5-3-4-6-27(24)36-26/h3-11,18-19H,12-17,20-21H2,1-2H3. The second-order valence-corrected chi connectivity index (χ2v) is 11.6. The van der Waals surface area contributed by atoms with Crippen molar-refractivity contribution in [2.24, 2.45) is 0 Å². The molecular weight excluding hydrogens is 486 g/mol. The number of amides is 1. The number of fused-ring (bicyclic) bond motifs is 1. The number of aryl methyl sites for hydroxylation is 1. The molecule has 1 saturated heterocycles. The molecule has 2 aromatic heterocycles. The van der Waals surface area contributed by atoms with Crippen LogP contribution in [0.5, 0.6) is 5.75 Å². The van der Waals surface area contributed by atoms with Crippen molar-refractivity contribution in [3.8, 4) is 5.75 Å². The molecule has 0 atom stereocenters. The largest absolute Gasteiger partial charge is 0.492 e. The van der Waals surface area contributed by atoms with E-state index in [1.54, 1.807) is 11.3 Å². The van der Waals surface area contributed by atoms with E-state index in [9.17, 15) is 4.79 Å². The number of carbonyl (C=O) groups excluding carboxylic acids is 1. The molecule has 0 N–H and O–H groups in total. The van der Waals surface area contributed by atoms with E-state index in [0.717, 1.165) is 62.0 Å². The summed E-state index contributed by atoms with van der Waals surface area (Å²) in [5, 5.41) is 3.32. The number of thiophene rings is 2. The Hall–Kier alpha value is -2.71. The average molecular weight is 520 g/mol. The van der Waals surface area contributed by atoms with Gasteiger partial charge in [-0.25, -0.2) is 0 Å². The predicted octanol–water partition coefficient (Wildman–Crippen LogP) is 5.74. The zero-order valence-corrected chi connectivity index (χ0v) is 22.6. The zero-order chi connectivity index (χ0) is 24.9. The lowest BCUT2D eigenvalue weighted by Gasteiger charge is -2.34. The summed E-state index contributed by atoms with van der Waals surface area (Å²) in [6.07, 6.45) is 0. The van der Waals surface area contributed by atoms with Crippen molar-refractivity contribution in [3.05, 3.63) is 86.9 Å². The number of hydrogen-bond donors (Lipinski definition) is 0. The van der Waals surface area contributed by atoms with Crippen molar-refractivity contribution in [2.75, 3.05) is 46.4 Å². The van der Waals surface area contributed by atoms with Crippen LogP contribution >= 0.6 is 22.7 Å². The van der Waals surface area contributed by atoms with Gasteiger partial charge in [0.05, 0.1) is 4.88 Å². The molecule has 1 aliphatic heterocycles. The number of carbonyl (C=O) groups is 1. The third-order valence-corrected chi connectivity index (χ3v) is 8.78. The molecule has 0 spiro atoms. The summed E-state index contributed by atoms with van der Waals surface area (Å²) >= 11 is 3.42. The van der Waals surface area contributed by atoms with Crippen molar-refractivity contribution < 1.29 is 9.53 Å². The van der Waals surface area contributed by atoms with Gasteiger partial charge in [0, 0.05) is 55.4 Å². The third kappa shape index (κ3) is 6.16. The van der Waals surface area contributed by atoms with E-state index in [4.69, 9.17) is 4.74 Å². The minimum Gasteiger partial charge on any atom is -0.492 e. The topological polar surface area (TPSA) is 36.0 Å². The van der Waals surface area contributed by atoms with Crippen molar-refractivity contribution in [1.82, 2.24) is 14.7 Å². The number of hydrogen-bond acceptors (Lipinski definition) is 6. The van der Waals surface area contributed by atoms with Crippen molar-refractivity contribution >= 4 is 38.7 Å². The summed E-state index contributed by atoms with van der Waals surface area (Å²) < 4.78 is 7.37. The predicted molar refractivity (Wildman–Crippen MR) is 150 cm³/mol. The quantitative estimate of drug-likeness (QED) is 0.283. The van der Waals surface area contributed by atoms with Gasteiger partial charge >= 0.3 is 0 Å². The van der Waals surface area contributed by atoms with E-state index in [0.29, 0.717) is 6.61 Å². The maximum absolute atomic E-state index is 12.7. The fourth-order valence-electron chi connectivity index (χ4n) is 4.64. The number of benzene rings is 2. The van der Waals surface area contributed by atoms with Gasteiger partial charge < -0.3 is 9.64 Å². The Morgan fingerprint density at radius 3 is 2.50 bits per heavy atom. The molecule has 0 bridgehead atoms. The SMILES string of the molecule is Cc1ccsc1C(=O)N1CCN(CCOc2ccc(CN(C)Cc3cc4ccccc4s3)cc2)CC1. The Morgan fingerprint density at radius 2 is 1.78 bits per heavy atom. The van der Waals surface area contributed by atoms with E-state index in [1.165, 1.54) is 20.5 Å². The maximum atomic E-state index is 12.7. The lowest BCUT2D eigenvalue weighted by Crippen LogP contribution is -2.49. The van der Waals surface area contributed by atoms with E-state index < -0.39 is 0 Å². The summed E-state index contributed by atoms with van der Waals surface area (Å²) in [5.74, 6) is 1.08. The number of ether oxygens (including phenoxy) is 1. The summed E-state index contributed by atoms with van der Waals surface area (Å²) in [6, 6.07) is 21.4. The molecule has 3 heterocycles. The van der Waals surface area contributed by atoms with Crippen LogP contribution in [0.15, 0.2) is 66.0 Å². The van der Waals surface area contributed by atoms with E-state index in [2.05, 4.69) is 71.4 Å². The first-order valence-corrected chi connectivity index (χ1v) is 14.2. The molecule has 1 aliphatic rings. The van der Waals surface area contributed by atoms with Gasteiger partial charge in [-0.15, -0.1) is 22.7 Å². The van der Waals surface area contributed by atoms with Gasteiger partial charge in [-0.3, -0.25) is 14.6 Å². The van der Waals surface area contributed by atoms with Crippen LogP contribution in [0.25, 0.3) is 10.1 Å². The highest BCUT2D eigenvalue weighted by molar-refractivity contribution is 7.19. The van der Waals surface area contributed by atoms with Crippen molar-refractivity contribution in [3.63, 3.8) is 0 Å². The minimum atomic E-state index is 0.174. The molecule has 0 aliphatic carbocycles. The lowest BCUT2D eigenvalue weighted by atomic mass is 10.2. The average Bonchev–Trinajstić information content (AvgIpc) is 3.50. The Kier molecular flexibility index (Phi) is 8.02. The second-order valence-electron chi connectivity index (χ2n) is 9.48. The van der Waals surface area contributed by atoms with E-state index in [1.807, 2.05) is 34.6 Å². The Morgan fingerprint density at radius 1 is 1.00 bits per heavy atom. The van der Waals surface area contributed by atoms with Gasteiger partial charge in [0.25, 0.3) is 5.91 Å². The maximum Gasteiger partial charge on any atom is 0.264 e. The van der Waals surface area contributed by atoms with Gasteiger partial charge in [-0.05, 0) is 66.2 Å². The van der Waals surface area contributed by atoms with E-state index >= 15 is 0 Å². The van der Waals surface area contributed by atoms with Crippen LogP contribution in [-0.4, -0.2) is 67.0 Å². The molecule has 0 radical (unpaired) electrons. The molecular formula is C29H33N3O2S2.